The van der Waals surface area contributed by atoms with Crippen LogP contribution in [0.5, 0.6) is 5.75 Å². The van der Waals surface area contributed by atoms with Crippen LogP contribution in [0.1, 0.15) is 24.2 Å². The summed E-state index contributed by atoms with van der Waals surface area (Å²) in [7, 11) is 0. The molecule has 1 unspecified atom stereocenters. The summed E-state index contributed by atoms with van der Waals surface area (Å²) < 4.78 is 6.37. The van der Waals surface area contributed by atoms with E-state index >= 15 is 0 Å². The summed E-state index contributed by atoms with van der Waals surface area (Å²) in [5.41, 5.74) is 1.97. The fraction of sp³-hybridized carbons (Fsp3) is 0.250. The van der Waals surface area contributed by atoms with Crippen molar-refractivity contribution < 1.29 is 9.84 Å². The zero-order valence-electron chi connectivity index (χ0n) is 10.8. The van der Waals surface area contributed by atoms with Crippen molar-refractivity contribution in [3.63, 3.8) is 0 Å². The molecule has 2 rings (SSSR count). The summed E-state index contributed by atoms with van der Waals surface area (Å²) in [5.74, 6) is 0.785. The number of hydrogen-bond acceptors (Lipinski definition) is 2. The standard InChI is InChI=1S/C16H17BrO2/c1-2-19-13-8-9-15(17)14(11-13)16(18)10-12-6-4-3-5-7-12/h3-9,11,16,18H,2,10H2,1H3. The summed E-state index contributed by atoms with van der Waals surface area (Å²) in [5, 5.41) is 10.4. The third kappa shape index (κ3) is 3.82. The molecule has 0 bridgehead atoms. The van der Waals surface area contributed by atoms with E-state index in [4.69, 9.17) is 4.74 Å². The highest BCUT2D eigenvalue weighted by Crippen LogP contribution is 2.29. The van der Waals surface area contributed by atoms with Gasteiger partial charge in [-0.05, 0) is 36.2 Å². The number of hydrogen-bond donors (Lipinski definition) is 1. The van der Waals surface area contributed by atoms with Crippen LogP contribution in [0.25, 0.3) is 0 Å². The quantitative estimate of drug-likeness (QED) is 0.897. The Kier molecular flexibility index (Phi) is 5.00. The highest BCUT2D eigenvalue weighted by Gasteiger charge is 2.13. The first kappa shape index (κ1) is 14.1. The van der Waals surface area contributed by atoms with E-state index in [1.807, 2.05) is 55.5 Å². The van der Waals surface area contributed by atoms with Gasteiger partial charge in [-0.1, -0.05) is 46.3 Å². The van der Waals surface area contributed by atoms with Gasteiger partial charge in [-0.15, -0.1) is 0 Å². The molecule has 0 aliphatic rings. The van der Waals surface area contributed by atoms with Gasteiger partial charge in [-0.25, -0.2) is 0 Å². The summed E-state index contributed by atoms with van der Waals surface area (Å²) in [4.78, 5) is 0. The van der Waals surface area contributed by atoms with Crippen molar-refractivity contribution in [2.45, 2.75) is 19.4 Å². The molecular formula is C16H17BrO2. The maximum atomic E-state index is 10.4. The van der Waals surface area contributed by atoms with E-state index in [1.54, 1.807) is 0 Å². The smallest absolute Gasteiger partial charge is 0.119 e. The van der Waals surface area contributed by atoms with E-state index in [0.29, 0.717) is 13.0 Å². The minimum absolute atomic E-state index is 0.544. The Bertz CT molecular complexity index is 526. The van der Waals surface area contributed by atoms with Crippen LogP contribution in [0, 0.1) is 0 Å². The summed E-state index contributed by atoms with van der Waals surface area (Å²) in [6, 6.07) is 15.7. The molecule has 2 aromatic rings. The molecule has 0 radical (unpaired) electrons. The van der Waals surface area contributed by atoms with Gasteiger partial charge in [0.15, 0.2) is 0 Å². The SMILES string of the molecule is CCOc1ccc(Br)c(C(O)Cc2ccccc2)c1. The van der Waals surface area contributed by atoms with Crippen LogP contribution in [0.4, 0.5) is 0 Å². The monoisotopic (exact) mass is 320 g/mol. The molecule has 0 spiro atoms. The highest BCUT2D eigenvalue weighted by atomic mass is 79.9. The Morgan fingerprint density at radius 1 is 1.16 bits per heavy atom. The third-order valence-electron chi connectivity index (χ3n) is 2.91. The number of aliphatic hydroxyl groups is 1. The van der Waals surface area contributed by atoms with Crippen LogP contribution in [-0.4, -0.2) is 11.7 Å². The molecule has 19 heavy (non-hydrogen) atoms. The van der Waals surface area contributed by atoms with Crippen LogP contribution in [-0.2, 0) is 6.42 Å². The summed E-state index contributed by atoms with van der Waals surface area (Å²) >= 11 is 3.48. The van der Waals surface area contributed by atoms with Crippen molar-refractivity contribution >= 4 is 15.9 Å². The fourth-order valence-electron chi connectivity index (χ4n) is 1.98. The lowest BCUT2D eigenvalue weighted by molar-refractivity contribution is 0.177. The van der Waals surface area contributed by atoms with E-state index < -0.39 is 6.10 Å². The van der Waals surface area contributed by atoms with E-state index in [-0.39, 0.29) is 0 Å². The second kappa shape index (κ2) is 6.73. The normalized spacial score (nSPS) is 12.2. The maximum absolute atomic E-state index is 10.4. The van der Waals surface area contributed by atoms with E-state index in [0.717, 1.165) is 21.3 Å². The van der Waals surface area contributed by atoms with Gasteiger partial charge in [0.05, 0.1) is 12.7 Å². The van der Waals surface area contributed by atoms with Gasteiger partial charge in [0, 0.05) is 10.9 Å². The number of halogens is 1. The van der Waals surface area contributed by atoms with Gasteiger partial charge in [0.25, 0.3) is 0 Å². The van der Waals surface area contributed by atoms with Crippen LogP contribution in [0.15, 0.2) is 53.0 Å². The number of benzene rings is 2. The van der Waals surface area contributed by atoms with Crippen LogP contribution in [0.3, 0.4) is 0 Å². The van der Waals surface area contributed by atoms with Gasteiger partial charge in [-0.3, -0.25) is 0 Å². The Labute approximate surface area is 122 Å². The lowest BCUT2D eigenvalue weighted by Gasteiger charge is -2.14. The van der Waals surface area contributed by atoms with Crippen LogP contribution >= 0.6 is 15.9 Å². The first-order valence-corrected chi connectivity index (χ1v) is 7.14. The lowest BCUT2D eigenvalue weighted by Crippen LogP contribution is -2.03. The molecule has 0 saturated carbocycles. The van der Waals surface area contributed by atoms with Crippen molar-refractivity contribution in [2.75, 3.05) is 6.61 Å². The molecule has 2 nitrogen and oxygen atoms in total. The molecule has 2 aromatic carbocycles. The molecule has 0 aliphatic carbocycles. The molecular weight excluding hydrogens is 304 g/mol. The van der Waals surface area contributed by atoms with Crippen molar-refractivity contribution in [2.24, 2.45) is 0 Å². The molecule has 0 amide bonds. The number of aliphatic hydroxyl groups excluding tert-OH is 1. The predicted molar refractivity (Wildman–Crippen MR) is 80.4 cm³/mol. The lowest BCUT2D eigenvalue weighted by atomic mass is 10.0. The molecule has 1 N–H and O–H groups in total. The molecule has 100 valence electrons. The molecule has 0 fully saturated rings. The Morgan fingerprint density at radius 2 is 1.89 bits per heavy atom. The largest absolute Gasteiger partial charge is 0.494 e. The Hall–Kier alpha value is -1.32. The average molecular weight is 321 g/mol. The highest BCUT2D eigenvalue weighted by molar-refractivity contribution is 9.10. The fourth-order valence-corrected chi connectivity index (χ4v) is 2.49. The summed E-state index contributed by atoms with van der Waals surface area (Å²) in [6.07, 6.45) is 0.0480. The first-order chi connectivity index (χ1) is 9.20. The molecule has 1 atom stereocenters. The maximum Gasteiger partial charge on any atom is 0.119 e. The van der Waals surface area contributed by atoms with Gasteiger partial charge < -0.3 is 9.84 Å². The van der Waals surface area contributed by atoms with Crippen molar-refractivity contribution in [3.05, 3.63) is 64.1 Å². The van der Waals surface area contributed by atoms with Gasteiger partial charge in [-0.2, -0.15) is 0 Å². The van der Waals surface area contributed by atoms with Gasteiger partial charge in [0.1, 0.15) is 5.75 Å². The molecule has 0 saturated heterocycles. The average Bonchev–Trinajstić information content (AvgIpc) is 2.42. The molecule has 0 aliphatic heterocycles. The molecule has 3 heteroatoms. The number of ether oxygens (including phenoxy) is 1. The van der Waals surface area contributed by atoms with Crippen LogP contribution < -0.4 is 4.74 Å². The van der Waals surface area contributed by atoms with Crippen LogP contribution in [0.2, 0.25) is 0 Å². The predicted octanol–water partition coefficient (Wildman–Crippen LogP) is 4.12. The van der Waals surface area contributed by atoms with E-state index in [1.165, 1.54) is 0 Å². The Balaban J connectivity index is 2.18. The Morgan fingerprint density at radius 3 is 2.58 bits per heavy atom. The van der Waals surface area contributed by atoms with Gasteiger partial charge in [0.2, 0.25) is 0 Å². The topological polar surface area (TPSA) is 29.5 Å². The second-order valence-electron chi connectivity index (χ2n) is 4.32. The van der Waals surface area contributed by atoms with E-state index in [9.17, 15) is 5.11 Å². The molecule has 0 heterocycles. The zero-order valence-corrected chi connectivity index (χ0v) is 12.4. The minimum atomic E-state index is -0.544. The third-order valence-corrected chi connectivity index (χ3v) is 3.63. The van der Waals surface area contributed by atoms with Gasteiger partial charge >= 0.3 is 0 Å². The van der Waals surface area contributed by atoms with Crippen molar-refractivity contribution in [1.29, 1.82) is 0 Å². The van der Waals surface area contributed by atoms with Crippen molar-refractivity contribution in [1.82, 2.24) is 0 Å². The first-order valence-electron chi connectivity index (χ1n) is 6.35. The van der Waals surface area contributed by atoms with E-state index in [2.05, 4.69) is 15.9 Å². The summed E-state index contributed by atoms with van der Waals surface area (Å²) in [6.45, 7) is 2.57. The second-order valence-corrected chi connectivity index (χ2v) is 5.18. The minimum Gasteiger partial charge on any atom is -0.494 e. The van der Waals surface area contributed by atoms with Crippen molar-refractivity contribution in [3.8, 4) is 5.75 Å². The molecule has 0 aromatic heterocycles. The number of rotatable bonds is 5. The zero-order chi connectivity index (χ0) is 13.7.